The molecule has 80 valence electrons. The Labute approximate surface area is 85.4 Å². The number of hydrogen-bond donors (Lipinski definition) is 0. The van der Waals surface area contributed by atoms with Crippen LogP contribution < -0.4 is 0 Å². The van der Waals surface area contributed by atoms with Gasteiger partial charge in [-0.25, -0.2) is 0 Å². The molecule has 0 aromatic carbocycles. The van der Waals surface area contributed by atoms with Gasteiger partial charge in [-0.3, -0.25) is 4.90 Å². The van der Waals surface area contributed by atoms with Crippen molar-refractivity contribution in [3.63, 3.8) is 0 Å². The second kappa shape index (κ2) is 5.86. The smallest absolute Gasteiger partial charge is 0.298 e. The molecule has 0 aliphatic rings. The van der Waals surface area contributed by atoms with Gasteiger partial charge in [-0.2, -0.15) is 13.2 Å². The van der Waals surface area contributed by atoms with Crippen molar-refractivity contribution in [3.8, 4) is 0 Å². The minimum absolute atomic E-state index is 0.298. The van der Waals surface area contributed by atoms with Gasteiger partial charge in [0.15, 0.2) is 0 Å². The van der Waals surface area contributed by atoms with Crippen molar-refractivity contribution in [3.05, 3.63) is 0 Å². The molecule has 0 aromatic rings. The molecule has 1 nitrogen and oxygen atoms in total. The van der Waals surface area contributed by atoms with Crippen LogP contribution in [0.25, 0.3) is 0 Å². The third kappa shape index (κ3) is 7.31. The van der Waals surface area contributed by atoms with E-state index in [9.17, 15) is 13.2 Å². The van der Waals surface area contributed by atoms with E-state index in [-0.39, 0.29) is 0 Å². The highest BCUT2D eigenvalue weighted by Crippen LogP contribution is 2.17. The van der Waals surface area contributed by atoms with E-state index in [1.54, 1.807) is 0 Å². The molecule has 0 heterocycles. The monoisotopic (exact) mass is 261 g/mol. The Bertz CT molecular complexity index is 134. The predicted octanol–water partition coefficient (Wildman–Crippen LogP) is 2.90. The van der Waals surface area contributed by atoms with Crippen molar-refractivity contribution in [2.24, 2.45) is 5.92 Å². The van der Waals surface area contributed by atoms with Crippen molar-refractivity contribution < 1.29 is 13.2 Å². The van der Waals surface area contributed by atoms with Crippen LogP contribution in [0.4, 0.5) is 13.2 Å². The summed E-state index contributed by atoms with van der Waals surface area (Å²) in [6.07, 6.45) is -3.19. The lowest BCUT2D eigenvalue weighted by molar-refractivity contribution is -0.143. The molecule has 0 saturated heterocycles. The summed E-state index contributed by atoms with van der Waals surface area (Å²) in [5, 5.41) is 0.756. The number of alkyl halides is 4. The van der Waals surface area contributed by atoms with E-state index in [1.807, 2.05) is 6.92 Å². The Morgan fingerprint density at radius 3 is 2.23 bits per heavy atom. The van der Waals surface area contributed by atoms with Crippen molar-refractivity contribution in [1.29, 1.82) is 0 Å². The fourth-order valence-corrected chi connectivity index (χ4v) is 1.76. The van der Waals surface area contributed by atoms with Gasteiger partial charge < -0.3 is 0 Å². The molecule has 0 spiro atoms. The first-order chi connectivity index (χ1) is 5.89. The zero-order valence-electron chi connectivity index (χ0n) is 7.86. The van der Waals surface area contributed by atoms with E-state index >= 15 is 0 Å². The van der Waals surface area contributed by atoms with Crippen LogP contribution in [-0.2, 0) is 0 Å². The summed E-state index contributed by atoms with van der Waals surface area (Å²) in [7, 11) is 1.50. The second-order valence-corrected chi connectivity index (χ2v) is 3.89. The Morgan fingerprint density at radius 1 is 1.38 bits per heavy atom. The highest BCUT2D eigenvalue weighted by atomic mass is 79.9. The third-order valence-electron chi connectivity index (χ3n) is 1.81. The Hall–Kier alpha value is 0.230. The molecular formula is C8H15BrF3N. The van der Waals surface area contributed by atoms with Gasteiger partial charge >= 0.3 is 6.18 Å². The molecule has 0 aromatic heterocycles. The first-order valence-corrected chi connectivity index (χ1v) is 5.32. The molecule has 5 heteroatoms. The maximum atomic E-state index is 11.9. The number of halogens is 4. The summed E-state index contributed by atoms with van der Waals surface area (Å²) in [5.74, 6) is 0.298. The molecule has 0 aliphatic heterocycles. The van der Waals surface area contributed by atoms with Crippen molar-refractivity contribution >= 4 is 15.9 Å². The second-order valence-electron chi connectivity index (χ2n) is 3.24. The van der Waals surface area contributed by atoms with E-state index < -0.39 is 12.7 Å². The molecule has 0 saturated carbocycles. The summed E-state index contributed by atoms with van der Waals surface area (Å²) in [6.45, 7) is 1.64. The van der Waals surface area contributed by atoms with E-state index in [2.05, 4.69) is 15.9 Å². The number of rotatable bonds is 5. The van der Waals surface area contributed by atoms with E-state index in [0.29, 0.717) is 12.5 Å². The van der Waals surface area contributed by atoms with Crippen molar-refractivity contribution in [1.82, 2.24) is 4.90 Å². The molecule has 0 bridgehead atoms. The topological polar surface area (TPSA) is 3.24 Å². The molecule has 0 radical (unpaired) electrons. The largest absolute Gasteiger partial charge is 0.401 e. The summed E-state index contributed by atoms with van der Waals surface area (Å²) < 4.78 is 35.7. The van der Waals surface area contributed by atoms with Gasteiger partial charge in [0.25, 0.3) is 0 Å². The minimum atomic E-state index is -4.08. The zero-order valence-corrected chi connectivity index (χ0v) is 9.45. The minimum Gasteiger partial charge on any atom is -0.298 e. The van der Waals surface area contributed by atoms with Gasteiger partial charge in [-0.15, -0.1) is 0 Å². The highest BCUT2D eigenvalue weighted by molar-refractivity contribution is 9.09. The maximum Gasteiger partial charge on any atom is 0.401 e. The fourth-order valence-electron chi connectivity index (χ4n) is 1.10. The quantitative estimate of drug-likeness (QED) is 0.688. The Morgan fingerprint density at radius 2 is 1.92 bits per heavy atom. The van der Waals surface area contributed by atoms with Crippen LogP contribution in [0.1, 0.15) is 13.3 Å². The predicted molar refractivity (Wildman–Crippen MR) is 51.1 cm³/mol. The number of hydrogen-bond acceptors (Lipinski definition) is 1. The lowest BCUT2D eigenvalue weighted by Crippen LogP contribution is -2.34. The van der Waals surface area contributed by atoms with Gasteiger partial charge in [-0.05, 0) is 13.0 Å². The Kier molecular flexibility index (Phi) is 5.96. The van der Waals surface area contributed by atoms with Crippen LogP contribution in [0.2, 0.25) is 0 Å². The van der Waals surface area contributed by atoms with Gasteiger partial charge in [0.05, 0.1) is 6.54 Å². The molecule has 13 heavy (non-hydrogen) atoms. The molecule has 1 unspecified atom stereocenters. The van der Waals surface area contributed by atoms with Crippen LogP contribution in [0, 0.1) is 5.92 Å². The van der Waals surface area contributed by atoms with Crippen molar-refractivity contribution in [2.75, 3.05) is 25.5 Å². The average Bonchev–Trinajstić information content (AvgIpc) is 1.96. The lowest BCUT2D eigenvalue weighted by atomic mass is 10.1. The van der Waals surface area contributed by atoms with Gasteiger partial charge in [-0.1, -0.05) is 29.3 Å². The average molecular weight is 262 g/mol. The van der Waals surface area contributed by atoms with E-state index in [1.165, 1.54) is 11.9 Å². The van der Waals surface area contributed by atoms with Gasteiger partial charge in [0, 0.05) is 11.9 Å². The molecule has 1 atom stereocenters. The molecule has 0 amide bonds. The number of nitrogens with zero attached hydrogens (tertiary/aromatic N) is 1. The van der Waals surface area contributed by atoms with E-state index in [0.717, 1.165) is 11.8 Å². The molecule has 0 N–H and O–H groups in total. The molecule has 0 rings (SSSR count). The summed E-state index contributed by atoms with van der Waals surface area (Å²) >= 11 is 3.28. The molecule has 0 aliphatic carbocycles. The summed E-state index contributed by atoms with van der Waals surface area (Å²) in [4.78, 5) is 1.31. The standard InChI is InChI=1S/C8H15BrF3N/c1-3-7(4-9)5-13(2)6-8(10,11)12/h7H,3-6H2,1-2H3. The SMILES string of the molecule is CCC(CBr)CN(C)CC(F)(F)F. The van der Waals surface area contributed by atoms with Crippen molar-refractivity contribution in [2.45, 2.75) is 19.5 Å². The lowest BCUT2D eigenvalue weighted by Gasteiger charge is -2.22. The molecule has 0 fully saturated rings. The zero-order chi connectivity index (χ0) is 10.5. The Balaban J connectivity index is 3.79. The van der Waals surface area contributed by atoms with Crippen LogP contribution in [-0.4, -0.2) is 36.5 Å². The summed E-state index contributed by atoms with van der Waals surface area (Å²) in [5.41, 5.74) is 0. The maximum absolute atomic E-state index is 11.9. The van der Waals surface area contributed by atoms with Crippen LogP contribution >= 0.6 is 15.9 Å². The first-order valence-electron chi connectivity index (χ1n) is 4.20. The van der Waals surface area contributed by atoms with Crippen LogP contribution in [0.15, 0.2) is 0 Å². The highest BCUT2D eigenvalue weighted by Gasteiger charge is 2.29. The molecular weight excluding hydrogens is 247 g/mol. The van der Waals surface area contributed by atoms with Crippen LogP contribution in [0.5, 0.6) is 0 Å². The third-order valence-corrected chi connectivity index (χ3v) is 2.73. The summed E-state index contributed by atoms with van der Waals surface area (Å²) in [6, 6.07) is 0. The van der Waals surface area contributed by atoms with Crippen LogP contribution in [0.3, 0.4) is 0 Å². The normalized spacial score (nSPS) is 15.0. The van der Waals surface area contributed by atoms with E-state index in [4.69, 9.17) is 0 Å². The fraction of sp³-hybridized carbons (Fsp3) is 1.00. The van der Waals surface area contributed by atoms with Gasteiger partial charge in [0.1, 0.15) is 0 Å². The first kappa shape index (κ1) is 13.2. The van der Waals surface area contributed by atoms with Gasteiger partial charge in [0.2, 0.25) is 0 Å².